The van der Waals surface area contributed by atoms with Gasteiger partial charge in [-0.3, -0.25) is 9.69 Å². The summed E-state index contributed by atoms with van der Waals surface area (Å²) in [6.07, 6.45) is 2.64. The molecule has 2 aliphatic rings. The smallest absolute Gasteiger partial charge is 0.414 e. The highest BCUT2D eigenvalue weighted by molar-refractivity contribution is 5.91. The van der Waals surface area contributed by atoms with Gasteiger partial charge in [0.25, 0.3) is 0 Å². The van der Waals surface area contributed by atoms with Crippen molar-refractivity contribution in [3.63, 3.8) is 0 Å². The number of cyclic esters (lactones) is 1. The molecule has 26 heavy (non-hydrogen) atoms. The van der Waals surface area contributed by atoms with Crippen LogP contribution in [0.15, 0.2) is 22.9 Å². The van der Waals surface area contributed by atoms with Crippen molar-refractivity contribution in [1.82, 2.24) is 10.5 Å². The number of aryl methyl sites for hydroxylation is 1. The number of carbonyl (C=O) groups excluding carboxylic acids is 2. The van der Waals surface area contributed by atoms with Gasteiger partial charge in [-0.15, -0.1) is 0 Å². The van der Waals surface area contributed by atoms with E-state index in [1.54, 1.807) is 18.3 Å². The van der Waals surface area contributed by atoms with Crippen molar-refractivity contribution >= 4 is 17.7 Å². The number of hydrogen-bond donors (Lipinski definition) is 1. The van der Waals surface area contributed by atoms with Crippen molar-refractivity contribution in [3.05, 3.63) is 35.3 Å². The minimum atomic E-state index is -0.617. The summed E-state index contributed by atoms with van der Waals surface area (Å²) in [6.45, 7) is 1.77. The van der Waals surface area contributed by atoms with Gasteiger partial charge >= 0.3 is 6.09 Å². The minimum absolute atomic E-state index is 0.182. The van der Waals surface area contributed by atoms with Crippen molar-refractivity contribution in [2.24, 2.45) is 0 Å². The molecule has 0 bridgehead atoms. The standard InChI is InChI=1S/C18H18FN3O4/c1-10(23)20-8-12-9-22(18(24)25-12)15-6-5-14-13(16(15)19)4-2-3-11-7-21-26-17(11)14/h5-7,12H,2-4,8-9H2,1H3,(H,20,23)/t12-/m0/s1. The maximum Gasteiger partial charge on any atom is 0.414 e. The number of anilines is 1. The molecule has 1 saturated heterocycles. The summed E-state index contributed by atoms with van der Waals surface area (Å²) >= 11 is 0. The van der Waals surface area contributed by atoms with E-state index in [4.69, 9.17) is 9.26 Å². The van der Waals surface area contributed by atoms with Gasteiger partial charge in [-0.25, -0.2) is 9.18 Å². The van der Waals surface area contributed by atoms with Crippen molar-refractivity contribution in [3.8, 4) is 11.3 Å². The van der Waals surface area contributed by atoms with Gasteiger partial charge in [-0.1, -0.05) is 5.16 Å². The van der Waals surface area contributed by atoms with Crippen LogP contribution >= 0.6 is 0 Å². The summed E-state index contributed by atoms with van der Waals surface area (Å²) in [5.41, 5.74) is 2.35. The molecule has 1 N–H and O–H groups in total. The Balaban J connectivity index is 1.64. The van der Waals surface area contributed by atoms with E-state index in [1.807, 2.05) is 0 Å². The lowest BCUT2D eigenvalue weighted by molar-refractivity contribution is -0.119. The average molecular weight is 359 g/mol. The summed E-state index contributed by atoms with van der Waals surface area (Å²) in [4.78, 5) is 24.5. The molecule has 2 heterocycles. The topological polar surface area (TPSA) is 84.7 Å². The van der Waals surface area contributed by atoms with Crippen molar-refractivity contribution in [2.45, 2.75) is 32.3 Å². The molecule has 0 unspecified atom stereocenters. The Hall–Kier alpha value is -2.90. The van der Waals surface area contributed by atoms with Crippen molar-refractivity contribution < 1.29 is 23.2 Å². The van der Waals surface area contributed by atoms with Crippen LogP contribution in [-0.2, 0) is 22.4 Å². The van der Waals surface area contributed by atoms with Crippen LogP contribution in [0.4, 0.5) is 14.9 Å². The van der Waals surface area contributed by atoms with Crippen LogP contribution in [-0.4, -0.2) is 36.4 Å². The fourth-order valence-corrected chi connectivity index (χ4v) is 3.47. The lowest BCUT2D eigenvalue weighted by Crippen LogP contribution is -2.33. The highest BCUT2D eigenvalue weighted by Crippen LogP contribution is 2.37. The predicted molar refractivity (Wildman–Crippen MR) is 90.2 cm³/mol. The van der Waals surface area contributed by atoms with Crippen LogP contribution in [0.2, 0.25) is 0 Å². The van der Waals surface area contributed by atoms with Gasteiger partial charge in [0.2, 0.25) is 5.91 Å². The number of aromatic nitrogens is 1. The van der Waals surface area contributed by atoms with E-state index in [2.05, 4.69) is 10.5 Å². The lowest BCUT2D eigenvalue weighted by atomic mass is 10.0. The van der Waals surface area contributed by atoms with Crippen LogP contribution in [0.25, 0.3) is 11.3 Å². The second kappa shape index (κ2) is 6.44. The first-order valence-corrected chi connectivity index (χ1v) is 8.52. The van der Waals surface area contributed by atoms with Crippen LogP contribution in [0.5, 0.6) is 0 Å². The molecule has 1 aliphatic carbocycles. The second-order valence-corrected chi connectivity index (χ2v) is 6.51. The fourth-order valence-electron chi connectivity index (χ4n) is 3.47. The number of halogens is 1. The molecule has 136 valence electrons. The lowest BCUT2D eigenvalue weighted by Gasteiger charge is -2.17. The second-order valence-electron chi connectivity index (χ2n) is 6.51. The molecule has 1 aromatic heterocycles. The Morgan fingerprint density at radius 3 is 3.08 bits per heavy atom. The monoisotopic (exact) mass is 359 g/mol. The van der Waals surface area contributed by atoms with Gasteiger partial charge in [0.05, 0.1) is 25.0 Å². The van der Waals surface area contributed by atoms with Crippen LogP contribution in [0.1, 0.15) is 24.5 Å². The van der Waals surface area contributed by atoms with E-state index >= 15 is 4.39 Å². The summed E-state index contributed by atoms with van der Waals surface area (Å²) < 4.78 is 25.8. The number of ether oxygens (including phenoxy) is 1. The van der Waals surface area contributed by atoms with E-state index in [9.17, 15) is 9.59 Å². The van der Waals surface area contributed by atoms with E-state index in [1.165, 1.54) is 11.8 Å². The number of carbonyl (C=O) groups is 2. The van der Waals surface area contributed by atoms with Crippen LogP contribution in [0.3, 0.4) is 0 Å². The Labute approximate surface area is 149 Å². The van der Waals surface area contributed by atoms with E-state index in [0.717, 1.165) is 18.4 Å². The van der Waals surface area contributed by atoms with Gasteiger partial charge in [-0.05, 0) is 31.4 Å². The molecule has 0 saturated carbocycles. The van der Waals surface area contributed by atoms with E-state index < -0.39 is 18.0 Å². The molecular weight excluding hydrogens is 341 g/mol. The van der Waals surface area contributed by atoms with Gasteiger partial charge in [-0.2, -0.15) is 0 Å². The third-order valence-corrected chi connectivity index (χ3v) is 4.73. The third kappa shape index (κ3) is 2.81. The maximum absolute atomic E-state index is 15.2. The summed E-state index contributed by atoms with van der Waals surface area (Å²) in [7, 11) is 0. The predicted octanol–water partition coefficient (Wildman–Crippen LogP) is 2.43. The molecule has 1 aromatic carbocycles. The number of hydrogen-bond acceptors (Lipinski definition) is 5. The van der Waals surface area contributed by atoms with Gasteiger partial charge < -0.3 is 14.6 Å². The quantitative estimate of drug-likeness (QED) is 0.910. The normalized spacial score (nSPS) is 18.8. The SMILES string of the molecule is CC(=O)NC[C@H]1CN(c2ccc3c(c2F)CCCc2cnoc2-3)C(=O)O1. The molecule has 0 radical (unpaired) electrons. The summed E-state index contributed by atoms with van der Waals surface area (Å²) in [5, 5.41) is 6.42. The molecule has 1 aliphatic heterocycles. The van der Waals surface area contributed by atoms with Crippen LogP contribution < -0.4 is 10.2 Å². The zero-order valence-corrected chi connectivity index (χ0v) is 14.3. The third-order valence-electron chi connectivity index (χ3n) is 4.73. The molecule has 4 rings (SSSR count). The van der Waals surface area contributed by atoms with Gasteiger partial charge in [0.15, 0.2) is 11.6 Å². The van der Waals surface area contributed by atoms with E-state index in [-0.39, 0.29) is 24.7 Å². The average Bonchev–Trinajstić information content (AvgIpc) is 3.17. The largest absolute Gasteiger partial charge is 0.442 e. The molecule has 1 fully saturated rings. The first kappa shape index (κ1) is 16.6. The Kier molecular flexibility index (Phi) is 4.10. The number of amides is 2. The summed E-state index contributed by atoms with van der Waals surface area (Å²) in [5.74, 6) is -0.0575. The molecular formula is C18H18FN3O4. The Morgan fingerprint density at radius 1 is 1.42 bits per heavy atom. The molecule has 2 aromatic rings. The van der Waals surface area contributed by atoms with Crippen LogP contribution in [0, 0.1) is 5.82 Å². The van der Waals surface area contributed by atoms with Gasteiger partial charge in [0.1, 0.15) is 6.10 Å². The minimum Gasteiger partial charge on any atom is -0.442 e. The molecule has 2 amide bonds. The van der Waals surface area contributed by atoms with Crippen molar-refractivity contribution in [2.75, 3.05) is 18.0 Å². The highest BCUT2D eigenvalue weighted by Gasteiger charge is 2.35. The maximum atomic E-state index is 15.2. The molecule has 0 spiro atoms. The first-order chi connectivity index (χ1) is 12.5. The highest BCUT2D eigenvalue weighted by atomic mass is 19.1. The zero-order valence-electron chi connectivity index (χ0n) is 14.3. The molecule has 1 atom stereocenters. The Bertz CT molecular complexity index is 879. The van der Waals surface area contributed by atoms with Crippen molar-refractivity contribution in [1.29, 1.82) is 0 Å². The number of benzene rings is 1. The summed E-state index contributed by atoms with van der Waals surface area (Å²) in [6, 6.07) is 3.32. The number of fused-ring (bicyclic) bond motifs is 3. The number of nitrogens with one attached hydrogen (secondary N) is 1. The number of rotatable bonds is 3. The molecule has 8 heteroatoms. The molecule has 7 nitrogen and oxygen atoms in total. The Morgan fingerprint density at radius 2 is 2.27 bits per heavy atom. The van der Waals surface area contributed by atoms with Gasteiger partial charge in [0, 0.05) is 23.6 Å². The number of nitrogens with zero attached hydrogens (tertiary/aromatic N) is 2. The first-order valence-electron chi connectivity index (χ1n) is 8.52. The fraction of sp³-hybridized carbons (Fsp3) is 0.389. The zero-order chi connectivity index (χ0) is 18.3. The van der Waals surface area contributed by atoms with E-state index in [0.29, 0.717) is 23.3 Å².